The van der Waals surface area contributed by atoms with Crippen LogP contribution < -0.4 is 15.0 Å². The molecular weight excluding hydrogens is 489 g/mol. The van der Waals surface area contributed by atoms with Gasteiger partial charge in [0, 0.05) is 22.5 Å². The highest BCUT2D eigenvalue weighted by molar-refractivity contribution is 7.80. The Labute approximate surface area is 213 Å². The van der Waals surface area contributed by atoms with Crippen LogP contribution in [0.2, 0.25) is 10.0 Å². The zero-order valence-electron chi connectivity index (χ0n) is 18.5. The molecule has 5 nitrogen and oxygen atoms in total. The number of thiocarbonyl (C=S) groups is 1. The first-order chi connectivity index (χ1) is 16.5. The van der Waals surface area contributed by atoms with E-state index < -0.39 is 0 Å². The van der Waals surface area contributed by atoms with Crippen molar-refractivity contribution < 1.29 is 9.15 Å². The van der Waals surface area contributed by atoms with Crippen LogP contribution in [0.5, 0.6) is 5.75 Å². The van der Waals surface area contributed by atoms with Gasteiger partial charge in [-0.2, -0.15) is 0 Å². The van der Waals surface area contributed by atoms with Gasteiger partial charge in [0.25, 0.3) is 0 Å². The second-order valence-electron chi connectivity index (χ2n) is 7.98. The van der Waals surface area contributed by atoms with Crippen molar-refractivity contribution in [3.63, 3.8) is 0 Å². The van der Waals surface area contributed by atoms with E-state index in [9.17, 15) is 0 Å². The molecule has 0 amide bonds. The molecule has 0 bridgehead atoms. The molecule has 5 rings (SSSR count). The summed E-state index contributed by atoms with van der Waals surface area (Å²) in [6.07, 6.45) is 1.77. The molecule has 2 aromatic heterocycles. The molecule has 0 aliphatic carbocycles. The molecule has 1 aliphatic heterocycles. The van der Waals surface area contributed by atoms with Crippen molar-refractivity contribution in [1.82, 2.24) is 10.3 Å². The topological polar surface area (TPSA) is 50.5 Å². The first kappa shape index (κ1) is 22.7. The molecule has 0 radical (unpaired) electrons. The van der Waals surface area contributed by atoms with Crippen LogP contribution in [-0.2, 0) is 0 Å². The molecule has 172 valence electrons. The molecule has 3 heterocycles. The number of hydrogen-bond donors (Lipinski definition) is 1. The molecule has 1 saturated heterocycles. The van der Waals surface area contributed by atoms with Crippen LogP contribution in [0.15, 0.2) is 77.3 Å². The zero-order chi connectivity index (χ0) is 23.8. The van der Waals surface area contributed by atoms with E-state index in [1.54, 1.807) is 13.3 Å². The smallest absolute Gasteiger partial charge is 0.174 e. The summed E-state index contributed by atoms with van der Waals surface area (Å²) < 4.78 is 11.8. The first-order valence-corrected chi connectivity index (χ1v) is 11.8. The van der Waals surface area contributed by atoms with E-state index in [-0.39, 0.29) is 12.1 Å². The van der Waals surface area contributed by atoms with Gasteiger partial charge < -0.3 is 19.4 Å². The second-order valence-corrected chi connectivity index (χ2v) is 9.21. The fourth-order valence-corrected chi connectivity index (χ4v) is 5.01. The number of nitrogens with one attached hydrogen (secondary N) is 1. The SMILES string of the molecule is COc1ccc(N2C(=S)N[C@@H](c3ccccn3)[C@@H]2c2ccc(-c3cc(Cl)ccc3C)o2)cc1Cl. The van der Waals surface area contributed by atoms with Crippen molar-refractivity contribution in [1.29, 1.82) is 0 Å². The van der Waals surface area contributed by atoms with E-state index in [0.717, 1.165) is 34.0 Å². The molecule has 8 heteroatoms. The van der Waals surface area contributed by atoms with E-state index in [1.807, 2.05) is 78.6 Å². The summed E-state index contributed by atoms with van der Waals surface area (Å²) in [6, 6.07) is 20.6. The van der Waals surface area contributed by atoms with E-state index in [0.29, 0.717) is 20.9 Å². The van der Waals surface area contributed by atoms with Gasteiger partial charge >= 0.3 is 0 Å². The quantitative estimate of drug-likeness (QED) is 0.288. The second kappa shape index (κ2) is 9.29. The van der Waals surface area contributed by atoms with Crippen molar-refractivity contribution >= 4 is 46.2 Å². The average molecular weight is 510 g/mol. The van der Waals surface area contributed by atoms with Gasteiger partial charge in [0.2, 0.25) is 0 Å². The minimum Gasteiger partial charge on any atom is -0.495 e. The monoisotopic (exact) mass is 509 g/mol. The third-order valence-corrected chi connectivity index (χ3v) is 6.74. The van der Waals surface area contributed by atoms with Gasteiger partial charge in [-0.25, -0.2) is 0 Å². The van der Waals surface area contributed by atoms with Crippen molar-refractivity contribution in [3.8, 4) is 17.1 Å². The minimum atomic E-state index is -0.292. The van der Waals surface area contributed by atoms with Crippen LogP contribution >= 0.6 is 35.4 Å². The summed E-state index contributed by atoms with van der Waals surface area (Å²) in [5.41, 5.74) is 3.70. The predicted octanol–water partition coefficient (Wildman–Crippen LogP) is 7.14. The Morgan fingerprint density at radius 1 is 1.06 bits per heavy atom. The van der Waals surface area contributed by atoms with Gasteiger partial charge in [0.1, 0.15) is 23.3 Å². The van der Waals surface area contributed by atoms with Crippen molar-refractivity contribution in [2.75, 3.05) is 12.0 Å². The number of rotatable bonds is 5. The highest BCUT2D eigenvalue weighted by atomic mass is 35.5. The molecule has 0 saturated carbocycles. The van der Waals surface area contributed by atoms with Crippen LogP contribution in [-0.4, -0.2) is 17.2 Å². The third kappa shape index (κ3) is 4.13. The lowest BCUT2D eigenvalue weighted by Crippen LogP contribution is -2.29. The van der Waals surface area contributed by atoms with Gasteiger partial charge in [0.15, 0.2) is 5.11 Å². The van der Waals surface area contributed by atoms with Gasteiger partial charge in [0.05, 0.1) is 23.9 Å². The Kier molecular flexibility index (Phi) is 6.21. The molecule has 2 aromatic carbocycles. The van der Waals surface area contributed by atoms with Crippen molar-refractivity contribution in [3.05, 3.63) is 100.0 Å². The van der Waals surface area contributed by atoms with E-state index >= 15 is 0 Å². The number of anilines is 1. The van der Waals surface area contributed by atoms with Crippen molar-refractivity contribution in [2.24, 2.45) is 0 Å². The number of pyridine rings is 1. The molecule has 1 aliphatic rings. The molecule has 0 spiro atoms. The fourth-order valence-electron chi connectivity index (χ4n) is 4.24. The molecular formula is C26H21Cl2N3O2S. The maximum Gasteiger partial charge on any atom is 0.174 e. The Balaban J connectivity index is 1.62. The van der Waals surface area contributed by atoms with Crippen LogP contribution in [0, 0.1) is 6.92 Å². The predicted molar refractivity (Wildman–Crippen MR) is 140 cm³/mol. The molecule has 34 heavy (non-hydrogen) atoms. The summed E-state index contributed by atoms with van der Waals surface area (Å²) in [5, 5.41) is 5.13. The summed E-state index contributed by atoms with van der Waals surface area (Å²) in [5.74, 6) is 2.07. The van der Waals surface area contributed by atoms with E-state index in [1.165, 1.54) is 0 Å². The number of methoxy groups -OCH3 is 1. The molecule has 4 aromatic rings. The fraction of sp³-hybridized carbons (Fsp3) is 0.154. The summed E-state index contributed by atoms with van der Waals surface area (Å²) >= 11 is 18.5. The van der Waals surface area contributed by atoms with Gasteiger partial charge in [-0.3, -0.25) is 4.98 Å². The summed E-state index contributed by atoms with van der Waals surface area (Å²) in [4.78, 5) is 6.59. The van der Waals surface area contributed by atoms with E-state index in [2.05, 4.69) is 10.3 Å². The highest BCUT2D eigenvalue weighted by Gasteiger charge is 2.42. The number of hydrogen-bond acceptors (Lipinski definition) is 4. The molecule has 0 unspecified atom stereocenters. The van der Waals surface area contributed by atoms with Gasteiger partial charge in [-0.05, 0) is 79.3 Å². The maximum atomic E-state index is 6.46. The molecule has 1 N–H and O–H groups in total. The standard InChI is InChI=1S/C26H21Cl2N3O2S/c1-15-6-7-16(27)13-18(15)21-10-11-23(33-21)25-24(20-5-3-4-12-29-20)30-26(34)31(25)17-8-9-22(32-2)19(28)14-17/h3-14,24-25H,1-2H3,(H,30,34)/t24-,25-/m0/s1. The van der Waals surface area contributed by atoms with Crippen LogP contribution in [0.25, 0.3) is 11.3 Å². The Hall–Kier alpha value is -3.06. The third-order valence-electron chi connectivity index (χ3n) is 5.90. The van der Waals surface area contributed by atoms with Crippen molar-refractivity contribution in [2.45, 2.75) is 19.0 Å². The number of aryl methyl sites for hydroxylation is 1. The molecule has 1 fully saturated rings. The Morgan fingerprint density at radius 2 is 1.91 bits per heavy atom. The largest absolute Gasteiger partial charge is 0.495 e. The highest BCUT2D eigenvalue weighted by Crippen LogP contribution is 2.44. The van der Waals surface area contributed by atoms with E-state index in [4.69, 9.17) is 44.6 Å². The summed E-state index contributed by atoms with van der Waals surface area (Å²) in [7, 11) is 1.59. The lowest BCUT2D eigenvalue weighted by Gasteiger charge is -2.26. The number of halogens is 2. The Bertz CT molecular complexity index is 1360. The van der Waals surface area contributed by atoms with Crippen LogP contribution in [0.4, 0.5) is 5.69 Å². The lowest BCUT2D eigenvalue weighted by atomic mass is 10.0. The van der Waals surface area contributed by atoms with Gasteiger partial charge in [-0.15, -0.1) is 0 Å². The summed E-state index contributed by atoms with van der Waals surface area (Å²) in [6.45, 7) is 2.03. The van der Waals surface area contributed by atoms with Crippen LogP contribution in [0.1, 0.15) is 29.1 Å². The minimum absolute atomic E-state index is 0.228. The normalized spacial score (nSPS) is 17.6. The number of furan rings is 1. The number of ether oxygens (including phenoxy) is 1. The number of nitrogens with zero attached hydrogens (tertiary/aromatic N) is 2. The maximum absolute atomic E-state index is 6.46. The number of aromatic nitrogens is 1. The van der Waals surface area contributed by atoms with Gasteiger partial charge in [-0.1, -0.05) is 35.3 Å². The average Bonchev–Trinajstić information content (AvgIpc) is 3.45. The molecule has 2 atom stereocenters. The lowest BCUT2D eigenvalue weighted by molar-refractivity contribution is 0.415. The zero-order valence-corrected chi connectivity index (χ0v) is 20.8. The number of benzene rings is 2. The first-order valence-electron chi connectivity index (χ1n) is 10.7. The Morgan fingerprint density at radius 3 is 2.65 bits per heavy atom. The van der Waals surface area contributed by atoms with Crippen LogP contribution in [0.3, 0.4) is 0 Å².